The van der Waals surface area contributed by atoms with E-state index in [0.717, 1.165) is 18.9 Å². The second-order valence-corrected chi connectivity index (χ2v) is 7.96. The van der Waals surface area contributed by atoms with E-state index in [9.17, 15) is 17.6 Å². The number of sulfonamides is 1. The summed E-state index contributed by atoms with van der Waals surface area (Å²) in [5.41, 5.74) is 1.15. The maximum atomic E-state index is 13.2. The number of benzene rings is 2. The molecule has 1 N–H and O–H groups in total. The maximum absolute atomic E-state index is 13.2. The molecule has 0 saturated carbocycles. The van der Waals surface area contributed by atoms with Crippen molar-refractivity contribution in [3.8, 4) is 0 Å². The van der Waals surface area contributed by atoms with Gasteiger partial charge in [-0.05, 0) is 55.7 Å². The molecule has 0 atom stereocenters. The van der Waals surface area contributed by atoms with Crippen molar-refractivity contribution < 1.29 is 17.6 Å². The van der Waals surface area contributed by atoms with E-state index in [1.165, 1.54) is 28.6 Å². The highest BCUT2D eigenvalue weighted by Gasteiger charge is 2.28. The third-order valence-electron chi connectivity index (χ3n) is 4.22. The maximum Gasteiger partial charge on any atom is 0.255 e. The van der Waals surface area contributed by atoms with E-state index in [1.54, 1.807) is 19.1 Å². The molecule has 3 rings (SSSR count). The molecule has 1 aliphatic rings. The molecule has 1 saturated heterocycles. The predicted octanol–water partition coefficient (Wildman–Crippen LogP) is 3.17. The first-order valence-corrected chi connectivity index (χ1v) is 9.50. The molecule has 0 spiro atoms. The summed E-state index contributed by atoms with van der Waals surface area (Å²) in [4.78, 5) is 12.4. The number of halogens is 1. The molecule has 1 fully saturated rings. The first-order chi connectivity index (χ1) is 11.9. The number of carbonyl (C=O) groups is 1. The van der Waals surface area contributed by atoms with Crippen LogP contribution >= 0.6 is 0 Å². The first kappa shape index (κ1) is 17.6. The fourth-order valence-corrected chi connectivity index (χ4v) is 4.62. The van der Waals surface area contributed by atoms with Gasteiger partial charge in [0.2, 0.25) is 10.0 Å². The highest BCUT2D eigenvalue weighted by molar-refractivity contribution is 7.89. The fraction of sp³-hybridized carbons (Fsp3) is 0.278. The summed E-state index contributed by atoms with van der Waals surface area (Å²) in [6, 6.07) is 10.1. The molecule has 1 heterocycles. The Kier molecular flexibility index (Phi) is 4.87. The molecule has 132 valence electrons. The summed E-state index contributed by atoms with van der Waals surface area (Å²) in [7, 11) is -3.58. The highest BCUT2D eigenvalue weighted by Crippen LogP contribution is 2.26. The minimum atomic E-state index is -3.58. The zero-order valence-corrected chi connectivity index (χ0v) is 14.6. The molecule has 0 unspecified atom stereocenters. The monoisotopic (exact) mass is 362 g/mol. The number of aryl methyl sites for hydroxylation is 1. The van der Waals surface area contributed by atoms with Gasteiger partial charge in [0.25, 0.3) is 5.91 Å². The van der Waals surface area contributed by atoms with Crippen LogP contribution in [0.4, 0.5) is 10.1 Å². The smallest absolute Gasteiger partial charge is 0.255 e. The lowest BCUT2D eigenvalue weighted by molar-refractivity contribution is 0.102. The van der Waals surface area contributed by atoms with E-state index in [1.807, 2.05) is 0 Å². The number of nitrogens with zero attached hydrogens (tertiary/aromatic N) is 1. The van der Waals surface area contributed by atoms with Crippen molar-refractivity contribution in [3.63, 3.8) is 0 Å². The van der Waals surface area contributed by atoms with Gasteiger partial charge in [-0.25, -0.2) is 12.8 Å². The van der Waals surface area contributed by atoms with Crippen LogP contribution in [0.3, 0.4) is 0 Å². The fourth-order valence-electron chi connectivity index (χ4n) is 2.86. The molecular formula is C18H19FN2O3S. The van der Waals surface area contributed by atoms with Crippen molar-refractivity contribution in [2.45, 2.75) is 24.7 Å². The Hall–Kier alpha value is -2.25. The normalized spacial score (nSPS) is 15.3. The number of rotatable bonds is 4. The van der Waals surface area contributed by atoms with Crippen molar-refractivity contribution in [3.05, 3.63) is 59.4 Å². The molecule has 0 radical (unpaired) electrons. The van der Waals surface area contributed by atoms with Gasteiger partial charge in [-0.15, -0.1) is 0 Å². The second-order valence-electron chi connectivity index (χ2n) is 6.06. The van der Waals surface area contributed by atoms with Gasteiger partial charge in [-0.2, -0.15) is 4.31 Å². The van der Waals surface area contributed by atoms with Gasteiger partial charge in [0.05, 0.1) is 4.90 Å². The zero-order chi connectivity index (χ0) is 18.0. The quantitative estimate of drug-likeness (QED) is 0.908. The van der Waals surface area contributed by atoms with E-state index in [4.69, 9.17) is 0 Å². The van der Waals surface area contributed by atoms with Crippen molar-refractivity contribution >= 4 is 21.6 Å². The lowest BCUT2D eigenvalue weighted by Gasteiger charge is -2.18. The van der Waals surface area contributed by atoms with Gasteiger partial charge in [-0.3, -0.25) is 4.79 Å². The summed E-state index contributed by atoms with van der Waals surface area (Å²) < 4.78 is 40.3. The number of anilines is 1. The van der Waals surface area contributed by atoms with Crippen LogP contribution in [0.25, 0.3) is 0 Å². The molecule has 7 heteroatoms. The predicted molar refractivity (Wildman–Crippen MR) is 93.5 cm³/mol. The standard InChI is InChI=1S/C18H19FN2O3S/c1-13-7-8-16(20-18(22)14-5-4-6-15(19)11-14)12-17(13)25(23,24)21-9-2-3-10-21/h4-8,11-12H,2-3,9-10H2,1H3,(H,20,22). The highest BCUT2D eigenvalue weighted by atomic mass is 32.2. The second kappa shape index (κ2) is 6.93. The van der Waals surface area contributed by atoms with Crippen molar-refractivity contribution in [1.29, 1.82) is 0 Å². The van der Waals surface area contributed by atoms with Crippen LogP contribution < -0.4 is 5.32 Å². The molecule has 5 nitrogen and oxygen atoms in total. The lowest BCUT2D eigenvalue weighted by Crippen LogP contribution is -2.28. The van der Waals surface area contributed by atoms with Gasteiger partial charge in [0.15, 0.2) is 0 Å². The molecule has 1 amide bonds. The summed E-state index contributed by atoms with van der Waals surface area (Å²) in [5, 5.41) is 2.63. The van der Waals surface area contributed by atoms with Gasteiger partial charge < -0.3 is 5.32 Å². The molecule has 25 heavy (non-hydrogen) atoms. The zero-order valence-electron chi connectivity index (χ0n) is 13.8. The molecular weight excluding hydrogens is 343 g/mol. The minimum absolute atomic E-state index is 0.171. The van der Waals surface area contributed by atoms with Crippen LogP contribution in [0.5, 0.6) is 0 Å². The summed E-state index contributed by atoms with van der Waals surface area (Å²) in [5.74, 6) is -0.998. The number of amides is 1. The Labute approximate surface area is 146 Å². The average molecular weight is 362 g/mol. The van der Waals surface area contributed by atoms with E-state index >= 15 is 0 Å². The Balaban J connectivity index is 1.88. The Bertz CT molecular complexity index is 906. The van der Waals surface area contributed by atoms with E-state index < -0.39 is 21.7 Å². The number of hydrogen-bond acceptors (Lipinski definition) is 3. The van der Waals surface area contributed by atoms with Gasteiger partial charge >= 0.3 is 0 Å². The molecule has 0 aromatic heterocycles. The first-order valence-electron chi connectivity index (χ1n) is 8.05. The van der Waals surface area contributed by atoms with Crippen LogP contribution in [-0.4, -0.2) is 31.7 Å². The summed E-state index contributed by atoms with van der Waals surface area (Å²) in [6.45, 7) is 2.75. The topological polar surface area (TPSA) is 66.5 Å². The van der Waals surface area contributed by atoms with Crippen LogP contribution in [0, 0.1) is 12.7 Å². The third kappa shape index (κ3) is 3.72. The third-order valence-corrected chi connectivity index (χ3v) is 6.26. The van der Waals surface area contributed by atoms with Gasteiger partial charge in [0.1, 0.15) is 5.82 Å². The van der Waals surface area contributed by atoms with Crippen molar-refractivity contribution in [2.24, 2.45) is 0 Å². The molecule has 0 aliphatic carbocycles. The molecule has 2 aromatic carbocycles. The molecule has 0 bridgehead atoms. The van der Waals surface area contributed by atoms with Crippen LogP contribution in [0.1, 0.15) is 28.8 Å². The lowest BCUT2D eigenvalue weighted by atomic mass is 10.2. The van der Waals surface area contributed by atoms with E-state index in [0.29, 0.717) is 24.3 Å². The SMILES string of the molecule is Cc1ccc(NC(=O)c2cccc(F)c2)cc1S(=O)(=O)N1CCCC1. The number of carbonyl (C=O) groups excluding carboxylic acids is 1. The number of nitrogens with one attached hydrogen (secondary N) is 1. The number of hydrogen-bond donors (Lipinski definition) is 1. The minimum Gasteiger partial charge on any atom is -0.322 e. The van der Waals surface area contributed by atoms with Crippen molar-refractivity contribution in [2.75, 3.05) is 18.4 Å². The van der Waals surface area contributed by atoms with Gasteiger partial charge in [-0.1, -0.05) is 12.1 Å². The summed E-state index contributed by atoms with van der Waals surface area (Å²) in [6.07, 6.45) is 1.71. The Morgan fingerprint density at radius 3 is 2.52 bits per heavy atom. The van der Waals surface area contributed by atoms with E-state index in [-0.39, 0.29) is 10.5 Å². The van der Waals surface area contributed by atoms with Crippen LogP contribution in [0.15, 0.2) is 47.4 Å². The molecule has 2 aromatic rings. The Morgan fingerprint density at radius 1 is 1.12 bits per heavy atom. The summed E-state index contributed by atoms with van der Waals surface area (Å²) >= 11 is 0. The van der Waals surface area contributed by atoms with Crippen molar-refractivity contribution in [1.82, 2.24) is 4.31 Å². The largest absolute Gasteiger partial charge is 0.322 e. The molecule has 1 aliphatic heterocycles. The van der Waals surface area contributed by atoms with Crippen LogP contribution in [0.2, 0.25) is 0 Å². The Morgan fingerprint density at radius 2 is 1.84 bits per heavy atom. The average Bonchev–Trinajstić information content (AvgIpc) is 3.12. The van der Waals surface area contributed by atoms with Crippen LogP contribution in [-0.2, 0) is 10.0 Å². The van der Waals surface area contributed by atoms with E-state index in [2.05, 4.69) is 5.32 Å². The van der Waals surface area contributed by atoms with Gasteiger partial charge in [0, 0.05) is 24.3 Å².